The Balaban J connectivity index is 2.07. The minimum Gasteiger partial charge on any atom is -0.493 e. The zero-order valence-corrected chi connectivity index (χ0v) is 23.8. The molecule has 0 spiro atoms. The average Bonchev–Trinajstić information content (AvgIpc) is 2.94. The van der Waals surface area contributed by atoms with Crippen LogP contribution in [-0.2, 0) is 32.6 Å². The molecule has 0 radical (unpaired) electrons. The number of anilines is 1. The van der Waals surface area contributed by atoms with E-state index in [1.54, 1.807) is 13.0 Å². The zero-order chi connectivity index (χ0) is 29.3. The third-order valence-corrected chi connectivity index (χ3v) is 7.40. The van der Waals surface area contributed by atoms with Crippen molar-refractivity contribution in [3.8, 4) is 11.5 Å². The van der Waals surface area contributed by atoms with Gasteiger partial charge in [0.05, 0.1) is 26.2 Å². The van der Waals surface area contributed by atoms with Crippen molar-refractivity contribution >= 4 is 27.5 Å². The van der Waals surface area contributed by atoms with Gasteiger partial charge in [-0.15, -0.1) is 0 Å². The summed E-state index contributed by atoms with van der Waals surface area (Å²) in [6, 6.07) is 18.5. The number of hydrogen-bond acceptors (Lipinski definition) is 6. The molecule has 0 saturated heterocycles. The van der Waals surface area contributed by atoms with Crippen LogP contribution in [0.3, 0.4) is 0 Å². The largest absolute Gasteiger partial charge is 0.493 e. The van der Waals surface area contributed by atoms with E-state index in [0.717, 1.165) is 16.1 Å². The van der Waals surface area contributed by atoms with E-state index in [1.807, 2.05) is 30.3 Å². The Labute approximate surface area is 234 Å². The molecule has 9 nitrogen and oxygen atoms in total. The monoisotopic (exact) mass is 571 g/mol. The van der Waals surface area contributed by atoms with Crippen molar-refractivity contribution < 1.29 is 31.9 Å². The van der Waals surface area contributed by atoms with Crippen LogP contribution in [0.25, 0.3) is 0 Å². The Morgan fingerprint density at radius 3 is 2.20 bits per heavy atom. The number of nitrogens with zero attached hydrogens (tertiary/aromatic N) is 2. The van der Waals surface area contributed by atoms with E-state index in [1.165, 1.54) is 55.5 Å². The maximum absolute atomic E-state index is 14.8. The van der Waals surface area contributed by atoms with Crippen molar-refractivity contribution in [1.29, 1.82) is 0 Å². The molecule has 1 atom stereocenters. The fraction of sp³-hybridized carbons (Fsp3) is 0.310. The number of carbonyl (C=O) groups is 2. The molecule has 11 heteroatoms. The van der Waals surface area contributed by atoms with E-state index in [-0.39, 0.29) is 30.0 Å². The Kier molecular flexibility index (Phi) is 10.5. The normalized spacial score (nSPS) is 11.8. The van der Waals surface area contributed by atoms with Crippen LogP contribution < -0.4 is 19.1 Å². The minimum atomic E-state index is -3.97. The summed E-state index contributed by atoms with van der Waals surface area (Å²) in [7, 11) is -1.11. The lowest BCUT2D eigenvalue weighted by Gasteiger charge is -2.33. The van der Waals surface area contributed by atoms with Gasteiger partial charge in [0.15, 0.2) is 11.5 Å². The van der Waals surface area contributed by atoms with Gasteiger partial charge in [0.1, 0.15) is 18.4 Å². The molecule has 214 valence electrons. The van der Waals surface area contributed by atoms with E-state index in [4.69, 9.17) is 9.47 Å². The van der Waals surface area contributed by atoms with Gasteiger partial charge in [-0.25, -0.2) is 12.8 Å². The number of rotatable bonds is 13. The predicted molar refractivity (Wildman–Crippen MR) is 151 cm³/mol. The fourth-order valence-corrected chi connectivity index (χ4v) is 5.09. The lowest BCUT2D eigenvalue weighted by atomic mass is 10.0. The molecule has 3 rings (SSSR count). The van der Waals surface area contributed by atoms with Crippen molar-refractivity contribution in [2.75, 3.05) is 37.9 Å². The van der Waals surface area contributed by atoms with Crippen molar-refractivity contribution in [2.24, 2.45) is 0 Å². The summed E-state index contributed by atoms with van der Waals surface area (Å²) in [5, 5.41) is 2.76. The van der Waals surface area contributed by atoms with Crippen LogP contribution in [-0.4, -0.2) is 64.7 Å². The number of sulfonamides is 1. The molecular weight excluding hydrogens is 537 g/mol. The lowest BCUT2D eigenvalue weighted by Crippen LogP contribution is -2.53. The number of hydrogen-bond donors (Lipinski definition) is 1. The molecule has 40 heavy (non-hydrogen) atoms. The molecule has 1 unspecified atom stereocenters. The summed E-state index contributed by atoms with van der Waals surface area (Å²) in [6.45, 7) is 1.19. The lowest BCUT2D eigenvalue weighted by molar-refractivity contribution is -0.140. The highest BCUT2D eigenvalue weighted by Gasteiger charge is 2.33. The van der Waals surface area contributed by atoms with E-state index in [2.05, 4.69) is 5.32 Å². The second kappa shape index (κ2) is 13.8. The number of nitrogens with one attached hydrogen (secondary N) is 1. The molecule has 0 heterocycles. The first-order valence-corrected chi connectivity index (χ1v) is 14.5. The maximum atomic E-state index is 14.8. The number of halogens is 1. The van der Waals surface area contributed by atoms with Gasteiger partial charge in [-0.3, -0.25) is 13.9 Å². The maximum Gasteiger partial charge on any atom is 0.244 e. The summed E-state index contributed by atoms with van der Waals surface area (Å²) in [4.78, 5) is 28.5. The molecule has 2 amide bonds. The fourth-order valence-electron chi connectivity index (χ4n) is 4.25. The van der Waals surface area contributed by atoms with Gasteiger partial charge in [-0.1, -0.05) is 48.5 Å². The molecule has 0 aliphatic heterocycles. The molecule has 1 N–H and O–H groups in total. The Bertz CT molecular complexity index is 1420. The van der Waals surface area contributed by atoms with Gasteiger partial charge in [-0.2, -0.15) is 0 Å². The first-order valence-electron chi connectivity index (χ1n) is 12.6. The summed E-state index contributed by atoms with van der Waals surface area (Å²) in [5.41, 5.74) is 1.14. The minimum absolute atomic E-state index is 0.141. The predicted octanol–water partition coefficient (Wildman–Crippen LogP) is 3.39. The van der Waals surface area contributed by atoms with Crippen molar-refractivity contribution in [3.63, 3.8) is 0 Å². The standard InChI is InChI=1S/C29H34FN3O6S/c1-5-31-29(35)25(17-21-11-7-6-8-12-21)32(19-22-13-9-10-14-24(22)30)28(34)20-33(40(4,36)37)23-15-16-26(38-2)27(18-23)39-3/h6-16,18,25H,5,17,19-20H2,1-4H3,(H,31,35). The first-order chi connectivity index (χ1) is 19.1. The van der Waals surface area contributed by atoms with Crippen molar-refractivity contribution in [3.05, 3.63) is 89.7 Å². The Morgan fingerprint density at radius 1 is 0.950 bits per heavy atom. The number of ether oxygens (including phenoxy) is 2. The quantitative estimate of drug-likeness (QED) is 0.337. The highest BCUT2D eigenvalue weighted by molar-refractivity contribution is 7.92. The van der Waals surface area contributed by atoms with E-state index in [0.29, 0.717) is 12.3 Å². The van der Waals surface area contributed by atoms with Gasteiger partial charge in [-0.05, 0) is 30.7 Å². The molecule has 3 aromatic rings. The van der Waals surface area contributed by atoms with Gasteiger partial charge in [0, 0.05) is 31.1 Å². The number of amides is 2. The molecule has 0 fully saturated rings. The molecule has 0 aromatic heterocycles. The molecule has 0 saturated carbocycles. The van der Waals surface area contributed by atoms with Crippen LogP contribution in [0.4, 0.5) is 10.1 Å². The SMILES string of the molecule is CCNC(=O)C(Cc1ccccc1)N(Cc1ccccc1F)C(=O)CN(c1ccc(OC)c(OC)c1)S(C)(=O)=O. The van der Waals surface area contributed by atoms with Gasteiger partial charge in [0.2, 0.25) is 21.8 Å². The second-order valence-corrected chi connectivity index (χ2v) is 10.9. The van der Waals surface area contributed by atoms with Crippen LogP contribution in [0.1, 0.15) is 18.1 Å². The summed E-state index contributed by atoms with van der Waals surface area (Å²) < 4.78 is 52.0. The highest BCUT2D eigenvalue weighted by Crippen LogP contribution is 2.32. The Hall–Kier alpha value is -4.12. The van der Waals surface area contributed by atoms with E-state index < -0.39 is 40.2 Å². The van der Waals surface area contributed by atoms with Crippen molar-refractivity contribution in [1.82, 2.24) is 10.2 Å². The van der Waals surface area contributed by atoms with Crippen LogP contribution in [0.2, 0.25) is 0 Å². The van der Waals surface area contributed by atoms with Crippen LogP contribution in [0.5, 0.6) is 11.5 Å². The van der Waals surface area contributed by atoms with Crippen LogP contribution >= 0.6 is 0 Å². The number of carbonyl (C=O) groups excluding carboxylic acids is 2. The summed E-state index contributed by atoms with van der Waals surface area (Å²) >= 11 is 0. The van der Waals surface area contributed by atoms with Crippen LogP contribution in [0, 0.1) is 5.82 Å². The van der Waals surface area contributed by atoms with Crippen molar-refractivity contribution in [2.45, 2.75) is 25.9 Å². The van der Waals surface area contributed by atoms with Gasteiger partial charge >= 0.3 is 0 Å². The smallest absolute Gasteiger partial charge is 0.244 e. The second-order valence-electron chi connectivity index (χ2n) is 9.02. The Morgan fingerprint density at radius 2 is 1.60 bits per heavy atom. The number of methoxy groups -OCH3 is 2. The molecule has 0 aliphatic rings. The number of benzene rings is 3. The zero-order valence-electron chi connectivity index (χ0n) is 23.0. The molecular formula is C29H34FN3O6S. The summed E-state index contributed by atoms with van der Waals surface area (Å²) in [6.07, 6.45) is 1.12. The average molecular weight is 572 g/mol. The molecule has 3 aromatic carbocycles. The summed E-state index contributed by atoms with van der Waals surface area (Å²) in [5.74, 6) is -1.02. The van der Waals surface area contributed by atoms with E-state index >= 15 is 0 Å². The topological polar surface area (TPSA) is 105 Å². The highest BCUT2D eigenvalue weighted by atomic mass is 32.2. The molecule has 0 bridgehead atoms. The van der Waals surface area contributed by atoms with Gasteiger partial charge < -0.3 is 19.7 Å². The molecule has 0 aliphatic carbocycles. The third kappa shape index (κ3) is 7.72. The first kappa shape index (κ1) is 30.4. The third-order valence-electron chi connectivity index (χ3n) is 6.25. The van der Waals surface area contributed by atoms with Crippen LogP contribution in [0.15, 0.2) is 72.8 Å². The van der Waals surface area contributed by atoms with E-state index in [9.17, 15) is 22.4 Å². The number of likely N-dealkylation sites (N-methyl/N-ethyl adjacent to an activating group) is 1. The van der Waals surface area contributed by atoms with Gasteiger partial charge in [0.25, 0.3) is 0 Å².